The first-order valence-electron chi connectivity index (χ1n) is 9.08. The maximum atomic E-state index is 12.9. The molecule has 29 heavy (non-hydrogen) atoms. The van der Waals surface area contributed by atoms with E-state index in [-0.39, 0.29) is 30.6 Å². The van der Waals surface area contributed by atoms with Gasteiger partial charge < -0.3 is 14.8 Å². The molecule has 0 atom stereocenters. The molecule has 0 saturated carbocycles. The summed E-state index contributed by atoms with van der Waals surface area (Å²) in [6.07, 6.45) is 0.561. The van der Waals surface area contributed by atoms with Crippen molar-refractivity contribution in [2.45, 2.75) is 13.0 Å². The van der Waals surface area contributed by atoms with Gasteiger partial charge in [0.05, 0.1) is 5.69 Å². The van der Waals surface area contributed by atoms with Gasteiger partial charge in [0.25, 0.3) is 5.56 Å². The van der Waals surface area contributed by atoms with E-state index < -0.39 is 0 Å². The van der Waals surface area contributed by atoms with Crippen molar-refractivity contribution in [2.75, 3.05) is 13.3 Å². The standard InChI is InChI=1S/C21H18FN3O4/c22-16-4-1-14(2-5-16)9-10-23-20(26)12-25-21(27)8-6-17(24-25)15-3-7-18-19(11-15)29-13-28-18/h1-8,11H,9-10,12-13H2,(H,23,26). The first kappa shape index (κ1) is 18.7. The number of nitrogens with one attached hydrogen (secondary N) is 1. The molecule has 3 aromatic rings. The summed E-state index contributed by atoms with van der Waals surface area (Å²) in [6, 6.07) is 14.4. The number of rotatable bonds is 6. The number of carbonyl (C=O) groups is 1. The SMILES string of the molecule is O=C(Cn1nc(-c2ccc3c(c2)OCO3)ccc1=O)NCCc1ccc(F)cc1. The molecule has 1 aliphatic rings. The molecule has 0 bridgehead atoms. The topological polar surface area (TPSA) is 82.5 Å². The molecular formula is C21H18FN3O4. The fourth-order valence-corrected chi connectivity index (χ4v) is 2.96. The van der Waals surface area contributed by atoms with Crippen molar-refractivity contribution in [2.24, 2.45) is 0 Å². The lowest BCUT2D eigenvalue weighted by Crippen LogP contribution is -2.34. The van der Waals surface area contributed by atoms with Gasteiger partial charge in [0.2, 0.25) is 12.7 Å². The van der Waals surface area contributed by atoms with Crippen molar-refractivity contribution >= 4 is 5.91 Å². The molecule has 4 rings (SSSR count). The summed E-state index contributed by atoms with van der Waals surface area (Å²) >= 11 is 0. The molecule has 2 heterocycles. The predicted molar refractivity (Wildman–Crippen MR) is 103 cm³/mol. The highest BCUT2D eigenvalue weighted by Crippen LogP contribution is 2.35. The number of ether oxygens (including phenoxy) is 2. The second-order valence-corrected chi connectivity index (χ2v) is 6.51. The van der Waals surface area contributed by atoms with Crippen LogP contribution in [-0.2, 0) is 17.8 Å². The van der Waals surface area contributed by atoms with Crippen LogP contribution in [0.2, 0.25) is 0 Å². The number of aromatic nitrogens is 2. The van der Waals surface area contributed by atoms with Gasteiger partial charge >= 0.3 is 0 Å². The Balaban J connectivity index is 1.40. The van der Waals surface area contributed by atoms with Crippen LogP contribution < -0.4 is 20.3 Å². The van der Waals surface area contributed by atoms with E-state index in [9.17, 15) is 14.0 Å². The number of hydrogen-bond acceptors (Lipinski definition) is 5. The molecule has 0 radical (unpaired) electrons. The molecule has 1 aliphatic heterocycles. The van der Waals surface area contributed by atoms with Gasteiger partial charge in [0.1, 0.15) is 12.4 Å². The number of hydrogen-bond donors (Lipinski definition) is 1. The minimum absolute atomic E-state index is 0.170. The molecule has 0 spiro atoms. The van der Waals surface area contributed by atoms with E-state index in [0.717, 1.165) is 15.8 Å². The number of carbonyl (C=O) groups excluding carboxylic acids is 1. The summed E-state index contributed by atoms with van der Waals surface area (Å²) < 4.78 is 24.7. The molecule has 7 nitrogen and oxygen atoms in total. The predicted octanol–water partition coefficient (Wildman–Crippen LogP) is 2.14. The average Bonchev–Trinajstić information content (AvgIpc) is 3.19. The Kier molecular flexibility index (Phi) is 5.24. The molecule has 1 amide bonds. The molecule has 1 aromatic heterocycles. The Morgan fingerprint density at radius 1 is 1.07 bits per heavy atom. The van der Waals surface area contributed by atoms with Crippen LogP contribution in [0.4, 0.5) is 4.39 Å². The Bertz CT molecular complexity index is 1100. The Morgan fingerprint density at radius 2 is 1.86 bits per heavy atom. The van der Waals surface area contributed by atoms with Crippen LogP contribution in [0, 0.1) is 5.82 Å². The maximum Gasteiger partial charge on any atom is 0.267 e. The van der Waals surface area contributed by atoms with E-state index in [1.165, 1.54) is 18.2 Å². The van der Waals surface area contributed by atoms with E-state index in [0.29, 0.717) is 30.2 Å². The van der Waals surface area contributed by atoms with Crippen LogP contribution in [0.1, 0.15) is 5.56 Å². The average molecular weight is 395 g/mol. The van der Waals surface area contributed by atoms with Gasteiger partial charge in [-0.15, -0.1) is 0 Å². The summed E-state index contributed by atoms with van der Waals surface area (Å²) in [4.78, 5) is 24.3. The molecule has 8 heteroatoms. The van der Waals surface area contributed by atoms with E-state index in [1.54, 1.807) is 30.3 Å². The summed E-state index contributed by atoms with van der Waals surface area (Å²) in [5, 5.41) is 7.03. The molecule has 148 valence electrons. The van der Waals surface area contributed by atoms with Gasteiger partial charge in [0, 0.05) is 18.2 Å². The first-order valence-corrected chi connectivity index (χ1v) is 9.08. The summed E-state index contributed by atoms with van der Waals surface area (Å²) in [5.41, 5.74) is 1.83. The largest absolute Gasteiger partial charge is 0.454 e. The molecule has 0 aliphatic carbocycles. The lowest BCUT2D eigenvalue weighted by Gasteiger charge is -2.09. The van der Waals surface area contributed by atoms with Crippen LogP contribution in [0.5, 0.6) is 11.5 Å². The highest BCUT2D eigenvalue weighted by molar-refractivity contribution is 5.75. The Labute approximate surface area is 165 Å². The van der Waals surface area contributed by atoms with E-state index in [2.05, 4.69) is 10.4 Å². The van der Waals surface area contributed by atoms with Gasteiger partial charge in [-0.3, -0.25) is 9.59 Å². The fourth-order valence-electron chi connectivity index (χ4n) is 2.96. The summed E-state index contributed by atoms with van der Waals surface area (Å²) in [6.45, 7) is 0.353. The zero-order valence-electron chi connectivity index (χ0n) is 15.4. The third-order valence-electron chi connectivity index (χ3n) is 4.48. The zero-order chi connectivity index (χ0) is 20.2. The molecule has 2 aromatic carbocycles. The van der Waals surface area contributed by atoms with Crippen molar-refractivity contribution in [3.8, 4) is 22.8 Å². The van der Waals surface area contributed by atoms with Crippen LogP contribution in [0.25, 0.3) is 11.3 Å². The first-order chi connectivity index (χ1) is 14.1. The van der Waals surface area contributed by atoms with Crippen LogP contribution in [-0.4, -0.2) is 29.0 Å². The van der Waals surface area contributed by atoms with E-state index in [1.807, 2.05) is 6.07 Å². The molecule has 0 saturated heterocycles. The highest BCUT2D eigenvalue weighted by atomic mass is 19.1. The molecular weight excluding hydrogens is 377 g/mol. The summed E-state index contributed by atoms with van der Waals surface area (Å²) in [7, 11) is 0. The number of fused-ring (bicyclic) bond motifs is 1. The quantitative estimate of drug-likeness (QED) is 0.692. The Hall–Kier alpha value is -3.68. The maximum absolute atomic E-state index is 12.9. The van der Waals surface area contributed by atoms with Crippen LogP contribution in [0.3, 0.4) is 0 Å². The monoisotopic (exact) mass is 395 g/mol. The van der Waals surface area contributed by atoms with E-state index in [4.69, 9.17) is 9.47 Å². The summed E-state index contributed by atoms with van der Waals surface area (Å²) in [5.74, 6) is 0.637. The number of benzene rings is 2. The minimum Gasteiger partial charge on any atom is -0.454 e. The second-order valence-electron chi connectivity index (χ2n) is 6.51. The van der Waals surface area contributed by atoms with Crippen LogP contribution >= 0.6 is 0 Å². The zero-order valence-corrected chi connectivity index (χ0v) is 15.4. The minimum atomic E-state index is -0.372. The third kappa shape index (κ3) is 4.43. The van der Waals surface area contributed by atoms with Crippen molar-refractivity contribution < 1.29 is 18.7 Å². The van der Waals surface area contributed by atoms with Crippen molar-refractivity contribution in [3.63, 3.8) is 0 Å². The van der Waals surface area contributed by atoms with Gasteiger partial charge in [-0.05, 0) is 48.4 Å². The lowest BCUT2D eigenvalue weighted by atomic mass is 10.1. The third-order valence-corrected chi connectivity index (χ3v) is 4.48. The van der Waals surface area contributed by atoms with Crippen LogP contribution in [0.15, 0.2) is 59.4 Å². The van der Waals surface area contributed by atoms with Crippen molar-refractivity contribution in [3.05, 3.63) is 76.3 Å². The van der Waals surface area contributed by atoms with Crippen molar-refractivity contribution in [1.29, 1.82) is 0 Å². The van der Waals surface area contributed by atoms with Gasteiger partial charge in [-0.1, -0.05) is 12.1 Å². The molecule has 0 fully saturated rings. The number of amides is 1. The lowest BCUT2D eigenvalue weighted by molar-refractivity contribution is -0.121. The second kappa shape index (κ2) is 8.14. The van der Waals surface area contributed by atoms with Crippen molar-refractivity contribution in [1.82, 2.24) is 15.1 Å². The van der Waals surface area contributed by atoms with Gasteiger partial charge in [-0.2, -0.15) is 5.10 Å². The highest BCUT2D eigenvalue weighted by Gasteiger charge is 2.15. The normalized spacial score (nSPS) is 12.0. The molecule has 0 unspecified atom stereocenters. The number of nitrogens with zero attached hydrogens (tertiary/aromatic N) is 2. The van der Waals surface area contributed by atoms with E-state index >= 15 is 0 Å². The van der Waals surface area contributed by atoms with Gasteiger partial charge in [0.15, 0.2) is 11.5 Å². The number of halogens is 1. The Morgan fingerprint density at radius 3 is 2.69 bits per heavy atom. The molecule has 1 N–H and O–H groups in total. The van der Waals surface area contributed by atoms with Gasteiger partial charge in [-0.25, -0.2) is 9.07 Å². The smallest absolute Gasteiger partial charge is 0.267 e. The fraction of sp³-hybridized carbons (Fsp3) is 0.190.